The van der Waals surface area contributed by atoms with Crippen molar-refractivity contribution in [1.82, 2.24) is 0 Å². The van der Waals surface area contributed by atoms with Crippen molar-refractivity contribution < 1.29 is 24.5 Å². The Labute approximate surface area is 104 Å². The molecule has 0 aliphatic carbocycles. The number of hydrogen-bond donors (Lipinski definition) is 3. The predicted molar refractivity (Wildman–Crippen MR) is 64.7 cm³/mol. The van der Waals surface area contributed by atoms with E-state index in [1.807, 2.05) is 6.92 Å². The van der Waals surface area contributed by atoms with Crippen LogP contribution in [0.3, 0.4) is 0 Å². The van der Waals surface area contributed by atoms with E-state index in [1.54, 1.807) is 18.2 Å². The summed E-state index contributed by atoms with van der Waals surface area (Å²) in [4.78, 5) is 21.4. The molecule has 0 aliphatic rings. The van der Waals surface area contributed by atoms with E-state index in [0.717, 1.165) is 5.56 Å². The number of nitrogens with one attached hydrogen (secondary N) is 1. The molecule has 6 heteroatoms. The molecular weight excluding hydrogens is 238 g/mol. The number of carbonyl (C=O) groups is 2. The van der Waals surface area contributed by atoms with Crippen molar-refractivity contribution >= 4 is 17.6 Å². The van der Waals surface area contributed by atoms with Gasteiger partial charge in [0.25, 0.3) is 0 Å². The number of benzene rings is 1. The van der Waals surface area contributed by atoms with Crippen LogP contribution in [0.2, 0.25) is 0 Å². The van der Waals surface area contributed by atoms with Crippen molar-refractivity contribution in [1.29, 1.82) is 0 Å². The van der Waals surface area contributed by atoms with Crippen molar-refractivity contribution in [3.05, 3.63) is 35.5 Å². The Bertz CT molecular complexity index is 507. The van der Waals surface area contributed by atoms with E-state index in [0.29, 0.717) is 17.5 Å². The van der Waals surface area contributed by atoms with Gasteiger partial charge in [0.2, 0.25) is 0 Å². The van der Waals surface area contributed by atoms with E-state index in [9.17, 15) is 9.59 Å². The molecule has 0 radical (unpaired) electrons. The fourth-order valence-corrected chi connectivity index (χ4v) is 1.34. The Hall–Kier alpha value is -2.50. The maximum absolute atomic E-state index is 10.9. The molecule has 0 heterocycles. The second-order valence-corrected chi connectivity index (χ2v) is 3.53. The highest BCUT2D eigenvalue weighted by atomic mass is 16.5. The van der Waals surface area contributed by atoms with Gasteiger partial charge in [0.1, 0.15) is 11.4 Å². The van der Waals surface area contributed by atoms with E-state index in [4.69, 9.17) is 14.9 Å². The molecule has 0 aliphatic heterocycles. The Morgan fingerprint density at radius 3 is 2.50 bits per heavy atom. The van der Waals surface area contributed by atoms with Crippen molar-refractivity contribution in [3.63, 3.8) is 0 Å². The summed E-state index contributed by atoms with van der Waals surface area (Å²) in [5.41, 5.74) is 0.845. The SMILES string of the molecule is COc1ccc(C)cc1N/C(=C\C(=O)O)C(=O)O. The van der Waals surface area contributed by atoms with Crippen LogP contribution in [0.5, 0.6) is 5.75 Å². The fourth-order valence-electron chi connectivity index (χ4n) is 1.34. The molecule has 0 aromatic heterocycles. The van der Waals surface area contributed by atoms with Gasteiger partial charge >= 0.3 is 11.9 Å². The Balaban J connectivity index is 3.11. The van der Waals surface area contributed by atoms with Gasteiger partial charge in [-0.15, -0.1) is 0 Å². The normalized spacial score (nSPS) is 10.9. The quantitative estimate of drug-likeness (QED) is 0.686. The summed E-state index contributed by atoms with van der Waals surface area (Å²) in [6, 6.07) is 5.13. The molecule has 0 atom stereocenters. The number of aliphatic carboxylic acids is 2. The third-order valence-electron chi connectivity index (χ3n) is 2.12. The number of methoxy groups -OCH3 is 1. The number of aryl methyl sites for hydroxylation is 1. The van der Waals surface area contributed by atoms with Crippen LogP contribution in [0.15, 0.2) is 30.0 Å². The van der Waals surface area contributed by atoms with Crippen LogP contribution >= 0.6 is 0 Å². The number of carboxylic acid groups (broad SMARTS) is 2. The number of ether oxygens (including phenoxy) is 1. The van der Waals surface area contributed by atoms with Gasteiger partial charge in [-0.05, 0) is 24.6 Å². The largest absolute Gasteiger partial charge is 0.495 e. The minimum absolute atomic E-state index is 0.396. The zero-order valence-electron chi connectivity index (χ0n) is 9.93. The molecule has 0 spiro atoms. The Kier molecular flexibility index (Phi) is 4.31. The first-order chi connectivity index (χ1) is 8.43. The number of carboxylic acids is 2. The van der Waals surface area contributed by atoms with Crippen LogP contribution in [0.1, 0.15) is 5.56 Å². The van der Waals surface area contributed by atoms with E-state index in [1.165, 1.54) is 7.11 Å². The number of hydrogen-bond acceptors (Lipinski definition) is 4. The van der Waals surface area contributed by atoms with E-state index < -0.39 is 17.6 Å². The van der Waals surface area contributed by atoms with Crippen LogP contribution < -0.4 is 10.1 Å². The maximum Gasteiger partial charge on any atom is 0.352 e. The molecule has 18 heavy (non-hydrogen) atoms. The number of anilines is 1. The summed E-state index contributed by atoms with van der Waals surface area (Å²) in [5, 5.41) is 20.0. The lowest BCUT2D eigenvalue weighted by atomic mass is 10.2. The second-order valence-electron chi connectivity index (χ2n) is 3.53. The predicted octanol–water partition coefficient (Wildman–Crippen LogP) is 1.47. The van der Waals surface area contributed by atoms with Crippen LogP contribution in [-0.4, -0.2) is 29.3 Å². The Morgan fingerprint density at radius 2 is 2.00 bits per heavy atom. The molecule has 1 aromatic carbocycles. The van der Waals surface area contributed by atoms with Gasteiger partial charge in [-0.3, -0.25) is 0 Å². The summed E-state index contributed by atoms with van der Waals surface area (Å²) in [6.07, 6.45) is 0.587. The highest BCUT2D eigenvalue weighted by Gasteiger charge is 2.12. The lowest BCUT2D eigenvalue weighted by molar-refractivity contribution is -0.134. The highest BCUT2D eigenvalue weighted by molar-refractivity contribution is 5.97. The van der Waals surface area contributed by atoms with Crippen LogP contribution in [0.4, 0.5) is 5.69 Å². The molecule has 1 aromatic rings. The first-order valence-electron chi connectivity index (χ1n) is 5.03. The van der Waals surface area contributed by atoms with Gasteiger partial charge in [0.05, 0.1) is 18.9 Å². The minimum atomic E-state index is -1.36. The average molecular weight is 251 g/mol. The summed E-state index contributed by atoms with van der Waals surface area (Å²) < 4.78 is 5.06. The molecule has 1 rings (SSSR count). The third kappa shape index (κ3) is 3.51. The summed E-state index contributed by atoms with van der Waals surface area (Å²) in [6.45, 7) is 1.83. The second kappa shape index (κ2) is 5.72. The maximum atomic E-state index is 10.9. The van der Waals surface area contributed by atoms with E-state index in [-0.39, 0.29) is 0 Å². The van der Waals surface area contributed by atoms with Gasteiger partial charge in [-0.1, -0.05) is 6.07 Å². The van der Waals surface area contributed by atoms with Gasteiger partial charge in [0.15, 0.2) is 0 Å². The van der Waals surface area contributed by atoms with Crippen molar-refractivity contribution in [3.8, 4) is 5.75 Å². The average Bonchev–Trinajstić information content (AvgIpc) is 2.27. The van der Waals surface area contributed by atoms with Crippen LogP contribution in [-0.2, 0) is 9.59 Å². The van der Waals surface area contributed by atoms with Crippen molar-refractivity contribution in [2.45, 2.75) is 6.92 Å². The highest BCUT2D eigenvalue weighted by Crippen LogP contribution is 2.26. The number of rotatable bonds is 5. The first kappa shape index (κ1) is 13.6. The minimum Gasteiger partial charge on any atom is -0.495 e. The van der Waals surface area contributed by atoms with Gasteiger partial charge in [0, 0.05) is 0 Å². The molecular formula is C12H13NO5. The first-order valence-corrected chi connectivity index (χ1v) is 5.03. The van der Waals surface area contributed by atoms with Gasteiger partial charge in [-0.2, -0.15) is 0 Å². The molecule has 0 saturated carbocycles. The Morgan fingerprint density at radius 1 is 1.33 bits per heavy atom. The molecule has 0 fully saturated rings. The molecule has 0 unspecified atom stereocenters. The standard InChI is InChI=1S/C12H13NO5/c1-7-3-4-10(18-2)8(5-7)13-9(12(16)17)6-11(14)15/h3-6,13H,1-2H3,(H,14,15)(H,16,17)/b9-6-. The zero-order chi connectivity index (χ0) is 13.7. The van der Waals surface area contributed by atoms with Crippen LogP contribution in [0, 0.1) is 6.92 Å². The topological polar surface area (TPSA) is 95.9 Å². The lowest BCUT2D eigenvalue weighted by Gasteiger charge is -2.11. The molecule has 0 bridgehead atoms. The third-order valence-corrected chi connectivity index (χ3v) is 2.12. The van der Waals surface area contributed by atoms with Crippen molar-refractivity contribution in [2.24, 2.45) is 0 Å². The molecule has 0 saturated heterocycles. The molecule has 96 valence electrons. The smallest absolute Gasteiger partial charge is 0.352 e. The fraction of sp³-hybridized carbons (Fsp3) is 0.167. The van der Waals surface area contributed by atoms with Gasteiger partial charge in [-0.25, -0.2) is 9.59 Å². The van der Waals surface area contributed by atoms with Crippen molar-refractivity contribution in [2.75, 3.05) is 12.4 Å². The lowest BCUT2D eigenvalue weighted by Crippen LogP contribution is -2.13. The van der Waals surface area contributed by atoms with Gasteiger partial charge < -0.3 is 20.3 Å². The summed E-state index contributed by atoms with van der Waals surface area (Å²) in [5.74, 6) is -2.27. The summed E-state index contributed by atoms with van der Waals surface area (Å²) >= 11 is 0. The zero-order valence-corrected chi connectivity index (χ0v) is 9.93. The van der Waals surface area contributed by atoms with E-state index >= 15 is 0 Å². The van der Waals surface area contributed by atoms with Crippen LogP contribution in [0.25, 0.3) is 0 Å². The molecule has 3 N–H and O–H groups in total. The molecule has 6 nitrogen and oxygen atoms in total. The monoisotopic (exact) mass is 251 g/mol. The summed E-state index contributed by atoms with van der Waals surface area (Å²) in [7, 11) is 1.44. The molecule has 0 amide bonds. The van der Waals surface area contributed by atoms with E-state index in [2.05, 4.69) is 5.32 Å².